The molecule has 128 valence electrons. The molecular weight excluding hydrogens is 306 g/mol. The van der Waals surface area contributed by atoms with Crippen LogP contribution in [-0.2, 0) is 17.3 Å². The van der Waals surface area contributed by atoms with Crippen LogP contribution in [0.5, 0.6) is 0 Å². The first-order valence-electron chi connectivity index (χ1n) is 8.68. The molecule has 0 bridgehead atoms. The molecular formula is C18H29N3OS. The van der Waals surface area contributed by atoms with Gasteiger partial charge in [0, 0.05) is 34.4 Å². The van der Waals surface area contributed by atoms with Gasteiger partial charge < -0.3 is 10.6 Å². The first kappa shape index (κ1) is 18.0. The predicted molar refractivity (Wildman–Crippen MR) is 99.1 cm³/mol. The van der Waals surface area contributed by atoms with Gasteiger partial charge in [0.2, 0.25) is 0 Å². The zero-order valence-electron chi connectivity index (χ0n) is 14.3. The van der Waals surface area contributed by atoms with Gasteiger partial charge in [0.15, 0.2) is 5.96 Å². The number of guanidine groups is 1. The smallest absolute Gasteiger partial charge is 0.191 e. The Kier molecular flexibility index (Phi) is 7.59. The van der Waals surface area contributed by atoms with Crippen LogP contribution in [0.1, 0.15) is 45.1 Å². The zero-order chi connectivity index (χ0) is 16.5. The average molecular weight is 336 g/mol. The van der Waals surface area contributed by atoms with E-state index in [2.05, 4.69) is 34.7 Å². The van der Waals surface area contributed by atoms with Gasteiger partial charge in [0.1, 0.15) is 0 Å². The van der Waals surface area contributed by atoms with Crippen molar-refractivity contribution < 1.29 is 4.21 Å². The fourth-order valence-electron chi connectivity index (χ4n) is 3.02. The van der Waals surface area contributed by atoms with Crippen molar-refractivity contribution in [1.29, 1.82) is 0 Å². The summed E-state index contributed by atoms with van der Waals surface area (Å²) in [5, 5.41) is 7.20. The van der Waals surface area contributed by atoms with Gasteiger partial charge in [-0.25, -0.2) is 4.99 Å². The van der Waals surface area contributed by atoms with Crippen LogP contribution >= 0.6 is 0 Å². The van der Waals surface area contributed by atoms with Crippen molar-refractivity contribution in [2.75, 3.05) is 12.3 Å². The minimum absolute atomic E-state index is 0.336. The Balaban J connectivity index is 1.94. The summed E-state index contributed by atoms with van der Waals surface area (Å²) >= 11 is 0. The Morgan fingerprint density at radius 1 is 1.26 bits per heavy atom. The first-order chi connectivity index (χ1) is 11.2. The van der Waals surface area contributed by atoms with E-state index < -0.39 is 10.8 Å². The summed E-state index contributed by atoms with van der Waals surface area (Å²) < 4.78 is 12.1. The summed E-state index contributed by atoms with van der Waals surface area (Å²) in [5.74, 6) is 1.63. The van der Waals surface area contributed by atoms with Crippen LogP contribution in [-0.4, -0.2) is 33.8 Å². The first-order valence-corrected chi connectivity index (χ1v) is 10.1. The number of hydrogen-bond donors (Lipinski definition) is 2. The monoisotopic (exact) mass is 335 g/mol. The number of aliphatic imine (C=N–C) groups is 1. The normalized spacial score (nSPS) is 23.3. The largest absolute Gasteiger partial charge is 0.357 e. The maximum Gasteiger partial charge on any atom is 0.191 e. The van der Waals surface area contributed by atoms with Gasteiger partial charge in [-0.15, -0.1) is 0 Å². The van der Waals surface area contributed by atoms with Crippen molar-refractivity contribution in [1.82, 2.24) is 10.6 Å². The lowest BCUT2D eigenvalue weighted by molar-refractivity contribution is 0.413. The highest BCUT2D eigenvalue weighted by molar-refractivity contribution is 7.85. The molecule has 2 N–H and O–H groups in total. The Hall–Kier alpha value is -1.36. The molecule has 0 radical (unpaired) electrons. The van der Waals surface area contributed by atoms with Crippen LogP contribution in [0.25, 0.3) is 0 Å². The van der Waals surface area contributed by atoms with E-state index in [0.29, 0.717) is 17.8 Å². The fourth-order valence-corrected chi connectivity index (χ4v) is 4.37. The second-order valence-electron chi connectivity index (χ2n) is 5.98. The topological polar surface area (TPSA) is 53.5 Å². The molecule has 1 aromatic rings. The summed E-state index contributed by atoms with van der Waals surface area (Å²) in [6.07, 6.45) is 4.35. The van der Waals surface area contributed by atoms with Gasteiger partial charge in [-0.05, 0) is 31.7 Å². The molecule has 5 heteroatoms. The molecule has 1 aromatic carbocycles. The fraction of sp³-hybridized carbons (Fsp3) is 0.611. The van der Waals surface area contributed by atoms with Crippen LogP contribution in [0.2, 0.25) is 0 Å². The van der Waals surface area contributed by atoms with Crippen LogP contribution in [0.4, 0.5) is 0 Å². The van der Waals surface area contributed by atoms with Crippen molar-refractivity contribution in [3.8, 4) is 0 Å². The van der Waals surface area contributed by atoms with Crippen molar-refractivity contribution in [3.05, 3.63) is 35.9 Å². The van der Waals surface area contributed by atoms with Crippen molar-refractivity contribution in [3.63, 3.8) is 0 Å². The highest BCUT2D eigenvalue weighted by Gasteiger charge is 2.25. The van der Waals surface area contributed by atoms with Crippen molar-refractivity contribution in [2.24, 2.45) is 4.99 Å². The second kappa shape index (κ2) is 9.71. The minimum Gasteiger partial charge on any atom is -0.357 e. The van der Waals surface area contributed by atoms with E-state index in [1.54, 1.807) is 0 Å². The summed E-state index contributed by atoms with van der Waals surface area (Å²) in [6.45, 7) is 5.61. The molecule has 1 saturated carbocycles. The van der Waals surface area contributed by atoms with Crippen molar-refractivity contribution in [2.45, 2.75) is 57.4 Å². The van der Waals surface area contributed by atoms with E-state index in [1.165, 1.54) is 5.56 Å². The van der Waals surface area contributed by atoms with Crippen LogP contribution in [0.3, 0.4) is 0 Å². The maximum atomic E-state index is 12.1. The van der Waals surface area contributed by atoms with E-state index >= 15 is 0 Å². The Morgan fingerprint density at radius 3 is 2.74 bits per heavy atom. The molecule has 4 nitrogen and oxygen atoms in total. The third kappa shape index (κ3) is 5.98. The van der Waals surface area contributed by atoms with E-state index in [1.807, 2.05) is 25.1 Å². The molecule has 2 rings (SSSR count). The number of hydrogen-bond acceptors (Lipinski definition) is 2. The van der Waals surface area contributed by atoms with Crippen molar-refractivity contribution >= 4 is 16.8 Å². The molecule has 3 atom stereocenters. The summed E-state index contributed by atoms with van der Waals surface area (Å²) in [6, 6.07) is 10.7. The minimum atomic E-state index is -0.686. The molecule has 1 aliphatic rings. The van der Waals surface area contributed by atoms with Gasteiger partial charge in [0.05, 0.1) is 6.54 Å². The Labute approximate surface area is 142 Å². The Bertz CT molecular complexity index is 518. The zero-order valence-corrected chi connectivity index (χ0v) is 15.1. The molecule has 0 spiro atoms. The van der Waals surface area contributed by atoms with E-state index in [4.69, 9.17) is 0 Å². The lowest BCUT2D eigenvalue weighted by Gasteiger charge is -2.30. The molecule has 1 fully saturated rings. The van der Waals surface area contributed by atoms with Gasteiger partial charge in [0.25, 0.3) is 0 Å². The molecule has 0 aromatic heterocycles. The van der Waals surface area contributed by atoms with Crippen LogP contribution in [0, 0.1) is 0 Å². The van der Waals surface area contributed by atoms with Gasteiger partial charge in [-0.3, -0.25) is 4.21 Å². The van der Waals surface area contributed by atoms with Gasteiger partial charge in [-0.1, -0.05) is 43.7 Å². The summed E-state index contributed by atoms with van der Waals surface area (Å²) in [5.41, 5.74) is 1.21. The van der Waals surface area contributed by atoms with E-state index in [-0.39, 0.29) is 0 Å². The molecule has 0 amide bonds. The molecule has 3 unspecified atom stereocenters. The lowest BCUT2D eigenvalue weighted by Crippen LogP contribution is -2.46. The molecule has 0 saturated heterocycles. The third-order valence-electron chi connectivity index (χ3n) is 4.23. The lowest BCUT2D eigenvalue weighted by atomic mass is 9.95. The highest BCUT2D eigenvalue weighted by Crippen LogP contribution is 2.23. The number of rotatable bonds is 6. The number of nitrogens with zero attached hydrogens (tertiary/aromatic N) is 1. The Morgan fingerprint density at radius 2 is 2.04 bits per heavy atom. The maximum absolute atomic E-state index is 12.1. The predicted octanol–water partition coefficient (Wildman–Crippen LogP) is 2.82. The molecule has 0 aliphatic heterocycles. The summed E-state index contributed by atoms with van der Waals surface area (Å²) in [7, 11) is -0.686. The SMILES string of the molecule is CCNC(=NCc1ccccc1)NC1CCCC(S(=O)CC)C1. The third-order valence-corrected chi connectivity index (χ3v) is 5.97. The second-order valence-corrected chi connectivity index (χ2v) is 7.99. The summed E-state index contributed by atoms with van der Waals surface area (Å²) in [4.78, 5) is 4.69. The number of nitrogens with one attached hydrogen (secondary N) is 2. The average Bonchev–Trinajstić information content (AvgIpc) is 2.60. The van der Waals surface area contributed by atoms with E-state index in [0.717, 1.165) is 43.9 Å². The number of benzene rings is 1. The van der Waals surface area contributed by atoms with Gasteiger partial charge in [-0.2, -0.15) is 0 Å². The van der Waals surface area contributed by atoms with Gasteiger partial charge >= 0.3 is 0 Å². The van der Waals surface area contributed by atoms with Crippen LogP contribution < -0.4 is 10.6 Å². The quantitative estimate of drug-likeness (QED) is 0.621. The van der Waals surface area contributed by atoms with Crippen LogP contribution in [0.15, 0.2) is 35.3 Å². The molecule has 1 aliphatic carbocycles. The molecule has 0 heterocycles. The van der Waals surface area contributed by atoms with E-state index in [9.17, 15) is 4.21 Å². The standard InChI is InChI=1S/C18H29N3OS/c1-3-19-18(20-14-15-9-6-5-7-10-15)21-16-11-8-12-17(13-16)23(22)4-2/h5-7,9-10,16-17H,3-4,8,11-14H2,1-2H3,(H2,19,20,21). The molecule has 23 heavy (non-hydrogen) atoms. The highest BCUT2D eigenvalue weighted by atomic mass is 32.2.